The fraction of sp³-hybridized carbons (Fsp3) is 0.474. The van der Waals surface area contributed by atoms with Gasteiger partial charge in [-0.1, -0.05) is 17.2 Å². The van der Waals surface area contributed by atoms with Crippen molar-refractivity contribution in [3.8, 4) is 0 Å². The zero-order chi connectivity index (χ0) is 20.7. The van der Waals surface area contributed by atoms with Gasteiger partial charge in [-0.25, -0.2) is 9.59 Å². The highest BCUT2D eigenvalue weighted by atomic mass is 16.7. The number of hydroxylamine groups is 2. The molecule has 0 aromatic heterocycles. The van der Waals surface area contributed by atoms with E-state index < -0.39 is 35.0 Å². The van der Waals surface area contributed by atoms with Crippen molar-refractivity contribution in [3.63, 3.8) is 0 Å². The van der Waals surface area contributed by atoms with Gasteiger partial charge >= 0.3 is 12.1 Å². The van der Waals surface area contributed by atoms with Crippen molar-refractivity contribution in [3.05, 3.63) is 35.4 Å². The lowest BCUT2D eigenvalue weighted by atomic mass is 9.74. The van der Waals surface area contributed by atoms with Crippen LogP contribution in [-0.2, 0) is 19.1 Å². The number of rotatable bonds is 4. The van der Waals surface area contributed by atoms with Gasteiger partial charge in [0.1, 0.15) is 11.1 Å². The van der Waals surface area contributed by atoms with Crippen molar-refractivity contribution in [2.45, 2.75) is 50.9 Å². The van der Waals surface area contributed by atoms with Gasteiger partial charge in [-0.05, 0) is 32.9 Å². The number of imide groups is 1. The number of alkyl carbamates (subject to hydrolysis) is 1. The van der Waals surface area contributed by atoms with Crippen LogP contribution in [-0.4, -0.2) is 53.3 Å². The van der Waals surface area contributed by atoms with Crippen molar-refractivity contribution in [2.24, 2.45) is 0 Å². The molecule has 1 saturated carbocycles. The van der Waals surface area contributed by atoms with Crippen LogP contribution in [0.25, 0.3) is 0 Å². The molecule has 0 unspecified atom stereocenters. The molecule has 9 nitrogen and oxygen atoms in total. The molecule has 0 atom stereocenters. The maximum Gasteiger partial charge on any atom is 0.408 e. The number of hydrogen-bond acceptors (Lipinski definition) is 7. The summed E-state index contributed by atoms with van der Waals surface area (Å²) >= 11 is 0. The average Bonchev–Trinajstić information content (AvgIpc) is 2.81. The summed E-state index contributed by atoms with van der Waals surface area (Å²) in [5.41, 5.74) is -1.91. The highest BCUT2D eigenvalue weighted by Crippen LogP contribution is 2.37. The van der Waals surface area contributed by atoms with Gasteiger partial charge in [0, 0.05) is 20.0 Å². The number of carbonyl (C=O) groups is 4. The summed E-state index contributed by atoms with van der Waals surface area (Å²) in [5.74, 6) is -2.39. The largest absolute Gasteiger partial charge is 0.444 e. The zero-order valence-corrected chi connectivity index (χ0v) is 16.1. The first kappa shape index (κ1) is 19.8. The summed E-state index contributed by atoms with van der Waals surface area (Å²) in [4.78, 5) is 54.9. The summed E-state index contributed by atoms with van der Waals surface area (Å²) in [7, 11) is 1.48. The van der Waals surface area contributed by atoms with Crippen molar-refractivity contribution >= 4 is 23.9 Å². The number of hydrogen-bond donors (Lipinski definition) is 1. The summed E-state index contributed by atoms with van der Waals surface area (Å²) < 4.78 is 10.4. The third-order valence-corrected chi connectivity index (χ3v) is 4.55. The van der Waals surface area contributed by atoms with E-state index in [1.807, 2.05) is 0 Å². The molecule has 1 fully saturated rings. The number of nitrogens with one attached hydrogen (secondary N) is 1. The smallest absolute Gasteiger partial charge is 0.408 e. The molecule has 150 valence electrons. The molecule has 1 heterocycles. The van der Waals surface area contributed by atoms with E-state index in [4.69, 9.17) is 14.3 Å². The van der Waals surface area contributed by atoms with Crippen LogP contribution >= 0.6 is 0 Å². The molecular weight excluding hydrogens is 368 g/mol. The molecule has 0 saturated heterocycles. The Bertz CT molecular complexity index is 802. The first-order valence-electron chi connectivity index (χ1n) is 8.80. The molecule has 3 rings (SSSR count). The van der Waals surface area contributed by atoms with Gasteiger partial charge in [0.25, 0.3) is 11.8 Å². The van der Waals surface area contributed by atoms with Crippen LogP contribution in [0.4, 0.5) is 4.79 Å². The van der Waals surface area contributed by atoms with Crippen LogP contribution in [0.1, 0.15) is 54.3 Å². The molecule has 3 amide bonds. The molecule has 28 heavy (non-hydrogen) atoms. The Hall–Kier alpha value is -2.94. The molecule has 2 aliphatic rings. The Kier molecular flexibility index (Phi) is 4.88. The van der Waals surface area contributed by atoms with Crippen molar-refractivity contribution in [1.29, 1.82) is 0 Å². The van der Waals surface area contributed by atoms with Crippen molar-refractivity contribution in [2.75, 3.05) is 7.11 Å². The summed E-state index contributed by atoms with van der Waals surface area (Å²) in [6, 6.07) is 6.16. The van der Waals surface area contributed by atoms with Crippen molar-refractivity contribution in [1.82, 2.24) is 10.4 Å². The van der Waals surface area contributed by atoms with Gasteiger partial charge in [0.15, 0.2) is 0 Å². The van der Waals surface area contributed by atoms with E-state index in [0.717, 1.165) is 0 Å². The number of amides is 3. The Morgan fingerprint density at radius 2 is 1.64 bits per heavy atom. The third kappa shape index (κ3) is 3.57. The molecule has 0 bridgehead atoms. The monoisotopic (exact) mass is 390 g/mol. The number of fused-ring (bicyclic) bond motifs is 1. The van der Waals surface area contributed by atoms with Crippen LogP contribution in [0.15, 0.2) is 24.3 Å². The van der Waals surface area contributed by atoms with Gasteiger partial charge in [0.05, 0.1) is 17.2 Å². The second kappa shape index (κ2) is 6.90. The number of benzene rings is 1. The third-order valence-electron chi connectivity index (χ3n) is 4.55. The lowest BCUT2D eigenvalue weighted by molar-refractivity contribution is -0.186. The minimum atomic E-state index is -1.45. The van der Waals surface area contributed by atoms with Crippen LogP contribution in [0.5, 0.6) is 0 Å². The van der Waals surface area contributed by atoms with Gasteiger partial charge in [-0.2, -0.15) is 0 Å². The Balaban J connectivity index is 1.75. The normalized spacial score (nSPS) is 23.7. The van der Waals surface area contributed by atoms with E-state index in [1.54, 1.807) is 32.9 Å². The number of nitrogens with zero attached hydrogens (tertiary/aromatic N) is 1. The highest BCUT2D eigenvalue weighted by molar-refractivity contribution is 6.21. The quantitative estimate of drug-likeness (QED) is 0.781. The first-order valence-corrected chi connectivity index (χ1v) is 8.80. The maximum absolute atomic E-state index is 12.8. The molecule has 0 spiro atoms. The average molecular weight is 390 g/mol. The van der Waals surface area contributed by atoms with Gasteiger partial charge in [-0.3, -0.25) is 9.59 Å². The molecule has 1 aliphatic carbocycles. The fourth-order valence-corrected chi connectivity index (χ4v) is 3.12. The molecule has 1 aromatic rings. The Labute approximate surface area is 161 Å². The standard InChI is InChI=1S/C19H22N2O7/c1-18(2,3)27-17(25)20-19(9-11(10-19)26-4)16(24)28-21-14(22)12-7-5-6-8-13(12)15(21)23/h5-8,11H,9-10H2,1-4H3,(H,20,25). The lowest BCUT2D eigenvalue weighted by Crippen LogP contribution is -2.66. The van der Waals surface area contributed by atoms with Crippen LogP contribution < -0.4 is 5.32 Å². The maximum atomic E-state index is 12.8. The van der Waals surface area contributed by atoms with E-state index in [9.17, 15) is 19.2 Å². The number of carbonyl (C=O) groups excluding carboxylic acids is 4. The summed E-state index contributed by atoms with van der Waals surface area (Å²) in [6.45, 7) is 5.07. The molecule has 0 radical (unpaired) electrons. The predicted octanol–water partition coefficient (Wildman–Crippen LogP) is 1.81. The van der Waals surface area contributed by atoms with Gasteiger partial charge < -0.3 is 19.6 Å². The van der Waals surface area contributed by atoms with E-state index in [-0.39, 0.29) is 30.1 Å². The van der Waals surface area contributed by atoms with Gasteiger partial charge in [-0.15, -0.1) is 0 Å². The number of methoxy groups -OCH3 is 1. The molecule has 1 N–H and O–H groups in total. The van der Waals surface area contributed by atoms with E-state index in [0.29, 0.717) is 5.06 Å². The van der Waals surface area contributed by atoms with E-state index in [1.165, 1.54) is 19.2 Å². The molecule has 1 aromatic carbocycles. The van der Waals surface area contributed by atoms with Crippen LogP contribution in [0.2, 0.25) is 0 Å². The topological polar surface area (TPSA) is 111 Å². The van der Waals surface area contributed by atoms with Gasteiger partial charge in [0.2, 0.25) is 0 Å². The predicted molar refractivity (Wildman–Crippen MR) is 95.2 cm³/mol. The first-order chi connectivity index (χ1) is 13.1. The number of ether oxygens (including phenoxy) is 2. The minimum absolute atomic E-state index is 0.130. The Morgan fingerprint density at radius 3 is 2.11 bits per heavy atom. The molecule has 1 aliphatic heterocycles. The summed E-state index contributed by atoms with van der Waals surface area (Å²) in [5, 5.41) is 2.93. The minimum Gasteiger partial charge on any atom is -0.444 e. The highest BCUT2D eigenvalue weighted by Gasteiger charge is 2.55. The lowest BCUT2D eigenvalue weighted by Gasteiger charge is -2.44. The second-order valence-corrected chi connectivity index (χ2v) is 7.80. The Morgan fingerprint density at radius 1 is 1.11 bits per heavy atom. The molecule has 9 heteroatoms. The summed E-state index contributed by atoms with van der Waals surface area (Å²) in [6.07, 6.45) is -0.818. The second-order valence-electron chi connectivity index (χ2n) is 7.80. The SMILES string of the molecule is COC1CC(NC(=O)OC(C)(C)C)(C(=O)ON2C(=O)c3ccccc3C2=O)C1. The van der Waals surface area contributed by atoms with Crippen LogP contribution in [0, 0.1) is 0 Å². The van der Waals surface area contributed by atoms with Crippen LogP contribution in [0.3, 0.4) is 0 Å². The van der Waals surface area contributed by atoms with E-state index >= 15 is 0 Å². The zero-order valence-electron chi connectivity index (χ0n) is 16.1. The van der Waals surface area contributed by atoms with E-state index in [2.05, 4.69) is 5.32 Å². The molecular formula is C19H22N2O7. The fourth-order valence-electron chi connectivity index (χ4n) is 3.12. The van der Waals surface area contributed by atoms with Crippen molar-refractivity contribution < 1.29 is 33.5 Å².